The van der Waals surface area contributed by atoms with Gasteiger partial charge in [-0.1, -0.05) is 45.0 Å². The molecule has 0 radical (unpaired) electrons. The first-order chi connectivity index (χ1) is 9.86. The van der Waals surface area contributed by atoms with Crippen LogP contribution in [0.15, 0.2) is 34.2 Å². The molecular formula is C15H19N5O. The molecule has 0 aliphatic carbocycles. The quantitative estimate of drug-likeness (QED) is 0.669. The number of aryl methyl sites for hydroxylation is 1. The van der Waals surface area contributed by atoms with Crippen LogP contribution in [0.4, 0.5) is 5.82 Å². The number of nitrogens with one attached hydrogen (secondary N) is 2. The fourth-order valence-corrected chi connectivity index (χ4v) is 1.74. The molecule has 0 aliphatic heterocycles. The maximum atomic E-state index is 11.1. The number of hydrogen-bond acceptors (Lipinski definition) is 5. The van der Waals surface area contributed by atoms with Crippen LogP contribution >= 0.6 is 0 Å². The molecule has 0 unspecified atom stereocenters. The van der Waals surface area contributed by atoms with E-state index in [9.17, 15) is 4.79 Å². The lowest BCUT2D eigenvalue weighted by Gasteiger charge is -2.18. The Balaban J connectivity index is 2.08. The van der Waals surface area contributed by atoms with Crippen molar-refractivity contribution in [2.45, 2.75) is 33.1 Å². The molecule has 6 heteroatoms. The van der Waals surface area contributed by atoms with E-state index in [1.807, 2.05) is 12.1 Å². The maximum Gasteiger partial charge on any atom is 0.363 e. The largest absolute Gasteiger partial charge is 0.363 e. The fourth-order valence-electron chi connectivity index (χ4n) is 1.74. The van der Waals surface area contributed by atoms with E-state index in [1.54, 1.807) is 13.1 Å². The third-order valence-corrected chi connectivity index (χ3v) is 3.04. The summed E-state index contributed by atoms with van der Waals surface area (Å²) in [5.74, 6) is 0.348. The molecule has 1 heterocycles. The Bertz CT molecular complexity index is 695. The number of H-pyrrole nitrogens is 1. The van der Waals surface area contributed by atoms with Crippen LogP contribution in [0, 0.1) is 6.92 Å². The predicted octanol–water partition coefficient (Wildman–Crippen LogP) is 2.22. The van der Waals surface area contributed by atoms with Crippen LogP contribution in [0.2, 0.25) is 0 Å². The molecule has 21 heavy (non-hydrogen) atoms. The summed E-state index contributed by atoms with van der Waals surface area (Å²) in [6.07, 6.45) is 1.68. The lowest BCUT2D eigenvalue weighted by molar-refractivity contribution is 0.590. The first-order valence-corrected chi connectivity index (χ1v) is 6.69. The topological polar surface area (TPSA) is 83.0 Å². The number of benzene rings is 1. The molecule has 0 saturated heterocycles. The summed E-state index contributed by atoms with van der Waals surface area (Å²) < 4.78 is 0. The van der Waals surface area contributed by atoms with Crippen molar-refractivity contribution in [1.29, 1.82) is 0 Å². The minimum atomic E-state index is -0.507. The smallest absolute Gasteiger partial charge is 0.260 e. The number of rotatable bonds is 3. The van der Waals surface area contributed by atoms with E-state index in [2.05, 4.69) is 58.6 Å². The average molecular weight is 285 g/mol. The number of aromatic nitrogens is 3. The number of aromatic amines is 1. The van der Waals surface area contributed by atoms with Crippen molar-refractivity contribution >= 4 is 12.0 Å². The van der Waals surface area contributed by atoms with Gasteiger partial charge in [-0.3, -0.25) is 5.43 Å². The Kier molecular flexibility index (Phi) is 4.16. The van der Waals surface area contributed by atoms with Gasteiger partial charge in [-0.05, 0) is 23.5 Å². The summed E-state index contributed by atoms with van der Waals surface area (Å²) in [4.78, 5) is 14.8. The van der Waals surface area contributed by atoms with Crippen LogP contribution in [0.1, 0.15) is 37.6 Å². The highest BCUT2D eigenvalue weighted by Gasteiger charge is 2.12. The van der Waals surface area contributed by atoms with Crippen LogP contribution in [-0.4, -0.2) is 21.4 Å². The number of nitrogens with zero attached hydrogens (tertiary/aromatic N) is 3. The van der Waals surface area contributed by atoms with Crippen LogP contribution < -0.4 is 11.1 Å². The molecule has 0 saturated carbocycles. The lowest BCUT2D eigenvalue weighted by Crippen LogP contribution is -2.15. The predicted molar refractivity (Wildman–Crippen MR) is 83.7 cm³/mol. The van der Waals surface area contributed by atoms with Gasteiger partial charge in [-0.2, -0.15) is 15.2 Å². The van der Waals surface area contributed by atoms with Crippen molar-refractivity contribution in [2.75, 3.05) is 5.43 Å². The minimum absolute atomic E-state index is 0.131. The van der Waals surface area contributed by atoms with Crippen molar-refractivity contribution in [3.05, 3.63) is 51.6 Å². The molecule has 0 amide bonds. The molecule has 2 N–H and O–H groups in total. The van der Waals surface area contributed by atoms with Gasteiger partial charge in [-0.25, -0.2) is 9.89 Å². The molecule has 0 bridgehead atoms. The molecule has 1 aromatic heterocycles. The Morgan fingerprint density at radius 1 is 1.24 bits per heavy atom. The fraction of sp³-hybridized carbons (Fsp3) is 0.333. The Morgan fingerprint density at radius 3 is 2.52 bits per heavy atom. The molecule has 0 aliphatic rings. The highest BCUT2D eigenvalue weighted by atomic mass is 16.1. The van der Waals surface area contributed by atoms with E-state index in [1.165, 1.54) is 5.56 Å². The van der Waals surface area contributed by atoms with Gasteiger partial charge in [0.15, 0.2) is 5.82 Å². The van der Waals surface area contributed by atoms with Crippen LogP contribution in [0.3, 0.4) is 0 Å². The molecule has 0 atom stereocenters. The van der Waals surface area contributed by atoms with E-state index in [-0.39, 0.29) is 5.41 Å². The Hall–Kier alpha value is -2.50. The second-order valence-electron chi connectivity index (χ2n) is 5.82. The molecular weight excluding hydrogens is 266 g/mol. The third-order valence-electron chi connectivity index (χ3n) is 3.04. The van der Waals surface area contributed by atoms with Crippen molar-refractivity contribution in [3.63, 3.8) is 0 Å². The van der Waals surface area contributed by atoms with E-state index in [0.29, 0.717) is 11.5 Å². The highest BCUT2D eigenvalue weighted by molar-refractivity contribution is 5.80. The standard InChI is InChI=1S/C15H19N5O/c1-10-13(17-14(21)20-18-10)19-16-9-11-5-7-12(8-6-11)15(2,3)4/h5-9H,1-4H3,(H2,17,19,20,21)/b16-9+. The monoisotopic (exact) mass is 285 g/mol. The van der Waals surface area contributed by atoms with Gasteiger partial charge in [0.2, 0.25) is 0 Å². The number of hydrogen-bond donors (Lipinski definition) is 2. The van der Waals surface area contributed by atoms with Crippen LogP contribution in [0.25, 0.3) is 0 Å². The number of hydrazone groups is 1. The molecule has 6 nitrogen and oxygen atoms in total. The summed E-state index contributed by atoms with van der Waals surface area (Å²) >= 11 is 0. The second kappa shape index (κ2) is 5.87. The van der Waals surface area contributed by atoms with E-state index in [0.717, 1.165) is 5.56 Å². The molecule has 1 aromatic carbocycles. The maximum absolute atomic E-state index is 11.1. The Morgan fingerprint density at radius 2 is 1.90 bits per heavy atom. The van der Waals surface area contributed by atoms with E-state index in [4.69, 9.17) is 0 Å². The van der Waals surface area contributed by atoms with Gasteiger partial charge < -0.3 is 0 Å². The molecule has 2 rings (SSSR count). The van der Waals surface area contributed by atoms with Gasteiger partial charge in [0.1, 0.15) is 5.69 Å². The van der Waals surface area contributed by atoms with Gasteiger partial charge in [0.25, 0.3) is 0 Å². The summed E-state index contributed by atoms with van der Waals surface area (Å²) in [5.41, 5.74) is 5.16. The first kappa shape index (κ1) is 14.9. The molecule has 0 fully saturated rings. The molecule has 0 spiro atoms. The lowest BCUT2D eigenvalue weighted by atomic mass is 9.87. The van der Waals surface area contributed by atoms with Crippen molar-refractivity contribution in [2.24, 2.45) is 5.10 Å². The van der Waals surface area contributed by atoms with E-state index < -0.39 is 5.69 Å². The minimum Gasteiger partial charge on any atom is -0.260 e. The highest BCUT2D eigenvalue weighted by Crippen LogP contribution is 2.21. The zero-order chi connectivity index (χ0) is 15.5. The van der Waals surface area contributed by atoms with Gasteiger partial charge in [0, 0.05) is 0 Å². The van der Waals surface area contributed by atoms with Gasteiger partial charge in [-0.15, -0.1) is 0 Å². The SMILES string of the molecule is Cc1n[nH]c(=O)nc1N/N=C/c1ccc(C(C)(C)C)cc1. The zero-order valence-electron chi connectivity index (χ0n) is 12.6. The molecule has 110 valence electrons. The second-order valence-corrected chi connectivity index (χ2v) is 5.82. The van der Waals surface area contributed by atoms with Gasteiger partial charge >= 0.3 is 5.69 Å². The average Bonchev–Trinajstić information content (AvgIpc) is 2.42. The number of anilines is 1. The first-order valence-electron chi connectivity index (χ1n) is 6.69. The van der Waals surface area contributed by atoms with E-state index >= 15 is 0 Å². The van der Waals surface area contributed by atoms with Crippen LogP contribution in [0.5, 0.6) is 0 Å². The Labute approximate surface area is 123 Å². The zero-order valence-corrected chi connectivity index (χ0v) is 12.6. The summed E-state index contributed by atoms with van der Waals surface area (Å²) in [7, 11) is 0. The van der Waals surface area contributed by atoms with Crippen molar-refractivity contribution in [3.8, 4) is 0 Å². The summed E-state index contributed by atoms with van der Waals surface area (Å²) in [6, 6.07) is 8.17. The normalized spacial score (nSPS) is 11.8. The molecule has 2 aromatic rings. The summed E-state index contributed by atoms with van der Waals surface area (Å²) in [6.45, 7) is 8.25. The summed E-state index contributed by atoms with van der Waals surface area (Å²) in [5, 5.41) is 10.1. The van der Waals surface area contributed by atoms with Crippen LogP contribution in [-0.2, 0) is 5.41 Å². The van der Waals surface area contributed by atoms with Crippen molar-refractivity contribution in [1.82, 2.24) is 15.2 Å². The van der Waals surface area contributed by atoms with Gasteiger partial charge in [0.05, 0.1) is 6.21 Å². The third kappa shape index (κ3) is 3.98. The van der Waals surface area contributed by atoms with Crippen molar-refractivity contribution < 1.29 is 0 Å².